The molecule has 23 heavy (non-hydrogen) atoms. The van der Waals surface area contributed by atoms with Crippen molar-refractivity contribution in [3.8, 4) is 0 Å². The topological polar surface area (TPSA) is 71.1 Å². The highest BCUT2D eigenvalue weighted by Crippen LogP contribution is 2.15. The molecule has 0 aliphatic carbocycles. The van der Waals surface area contributed by atoms with Crippen LogP contribution in [0.5, 0.6) is 0 Å². The minimum atomic E-state index is -0.320. The van der Waals surface area contributed by atoms with Gasteiger partial charge in [0.15, 0.2) is 0 Å². The number of carbonyl (C=O) groups is 2. The van der Waals surface area contributed by atoms with Crippen LogP contribution in [0, 0.1) is 6.92 Å². The highest BCUT2D eigenvalue weighted by atomic mass is 32.1. The van der Waals surface area contributed by atoms with Crippen molar-refractivity contribution in [2.24, 2.45) is 0 Å². The molecule has 5 nitrogen and oxygen atoms in total. The standard InChI is InChI=1S/C17H17N3O2S/c1-3-10-18-17(22)14-6-4-5-7-15(14)20-16(21)9-8-13-11-23-12(2)19-13/h3-9,11H,1,10H2,2H3,(H,18,22)(H,20,21)/b9-8+. The van der Waals surface area contributed by atoms with Gasteiger partial charge in [-0.2, -0.15) is 0 Å². The van der Waals surface area contributed by atoms with Gasteiger partial charge in [-0.15, -0.1) is 17.9 Å². The van der Waals surface area contributed by atoms with Crippen molar-refractivity contribution >= 4 is 34.9 Å². The van der Waals surface area contributed by atoms with Crippen LogP contribution in [-0.2, 0) is 4.79 Å². The number of hydrogen-bond acceptors (Lipinski definition) is 4. The second kappa shape index (κ2) is 8.05. The monoisotopic (exact) mass is 327 g/mol. The Kier molecular flexibility index (Phi) is 5.82. The van der Waals surface area contributed by atoms with E-state index in [1.807, 2.05) is 12.3 Å². The van der Waals surface area contributed by atoms with Crippen LogP contribution in [0.15, 0.2) is 48.4 Å². The van der Waals surface area contributed by atoms with Gasteiger partial charge in [0.05, 0.1) is 22.0 Å². The van der Waals surface area contributed by atoms with E-state index in [0.29, 0.717) is 17.8 Å². The molecule has 2 N–H and O–H groups in total. The Bertz CT molecular complexity index is 750. The molecule has 1 aromatic carbocycles. The molecule has 0 unspecified atom stereocenters. The molecule has 118 valence electrons. The molecule has 0 radical (unpaired) electrons. The van der Waals surface area contributed by atoms with E-state index in [0.717, 1.165) is 10.7 Å². The Morgan fingerprint density at radius 1 is 1.35 bits per heavy atom. The lowest BCUT2D eigenvalue weighted by Gasteiger charge is -2.09. The number of para-hydroxylation sites is 1. The van der Waals surface area contributed by atoms with Gasteiger partial charge in [-0.05, 0) is 25.1 Å². The average molecular weight is 327 g/mol. The summed E-state index contributed by atoms with van der Waals surface area (Å²) < 4.78 is 0. The molecular formula is C17H17N3O2S. The number of rotatable bonds is 6. The number of hydrogen-bond donors (Lipinski definition) is 2. The quantitative estimate of drug-likeness (QED) is 0.633. The van der Waals surface area contributed by atoms with E-state index in [1.165, 1.54) is 17.4 Å². The highest BCUT2D eigenvalue weighted by molar-refractivity contribution is 7.09. The van der Waals surface area contributed by atoms with Crippen LogP contribution in [0.4, 0.5) is 5.69 Å². The molecule has 2 aromatic rings. The minimum absolute atomic E-state index is 0.264. The summed E-state index contributed by atoms with van der Waals surface area (Å²) in [5.41, 5.74) is 1.60. The smallest absolute Gasteiger partial charge is 0.253 e. The van der Waals surface area contributed by atoms with Crippen molar-refractivity contribution in [1.82, 2.24) is 10.3 Å². The van der Waals surface area contributed by atoms with Crippen molar-refractivity contribution in [3.63, 3.8) is 0 Å². The molecular weight excluding hydrogens is 310 g/mol. The van der Waals surface area contributed by atoms with E-state index < -0.39 is 0 Å². The minimum Gasteiger partial charge on any atom is -0.349 e. The van der Waals surface area contributed by atoms with Crippen LogP contribution >= 0.6 is 11.3 Å². The van der Waals surface area contributed by atoms with Crippen LogP contribution < -0.4 is 10.6 Å². The van der Waals surface area contributed by atoms with E-state index in [9.17, 15) is 9.59 Å². The molecule has 2 amide bonds. The molecule has 1 aromatic heterocycles. The van der Waals surface area contributed by atoms with Gasteiger partial charge < -0.3 is 10.6 Å². The van der Waals surface area contributed by atoms with Crippen molar-refractivity contribution in [2.75, 3.05) is 11.9 Å². The molecule has 0 bridgehead atoms. The largest absolute Gasteiger partial charge is 0.349 e. The Morgan fingerprint density at radius 3 is 2.83 bits per heavy atom. The first-order valence-corrected chi connectivity index (χ1v) is 7.87. The number of amides is 2. The number of nitrogens with one attached hydrogen (secondary N) is 2. The number of carbonyl (C=O) groups excluding carboxylic acids is 2. The normalized spacial score (nSPS) is 10.5. The molecule has 0 saturated heterocycles. The molecule has 0 saturated carbocycles. The summed E-state index contributed by atoms with van der Waals surface area (Å²) in [6.45, 7) is 5.82. The highest BCUT2D eigenvalue weighted by Gasteiger charge is 2.11. The van der Waals surface area contributed by atoms with Crippen LogP contribution in [0.1, 0.15) is 21.1 Å². The lowest BCUT2D eigenvalue weighted by atomic mass is 10.1. The van der Waals surface area contributed by atoms with Crippen molar-refractivity contribution in [3.05, 3.63) is 64.6 Å². The van der Waals surface area contributed by atoms with E-state index >= 15 is 0 Å². The zero-order valence-electron chi connectivity index (χ0n) is 12.7. The fourth-order valence-electron chi connectivity index (χ4n) is 1.84. The fraction of sp³-hybridized carbons (Fsp3) is 0.118. The van der Waals surface area contributed by atoms with Crippen molar-refractivity contribution in [1.29, 1.82) is 0 Å². The van der Waals surface area contributed by atoms with Gasteiger partial charge in [-0.25, -0.2) is 4.98 Å². The van der Waals surface area contributed by atoms with Crippen molar-refractivity contribution in [2.45, 2.75) is 6.92 Å². The molecule has 0 atom stereocenters. The fourth-order valence-corrected chi connectivity index (χ4v) is 2.42. The third kappa shape index (κ3) is 4.89. The molecule has 0 fully saturated rings. The SMILES string of the molecule is C=CCNC(=O)c1ccccc1NC(=O)/C=C/c1csc(C)n1. The lowest BCUT2D eigenvalue weighted by Crippen LogP contribution is -2.24. The summed E-state index contributed by atoms with van der Waals surface area (Å²) >= 11 is 1.52. The average Bonchev–Trinajstić information content (AvgIpc) is 2.96. The third-order valence-electron chi connectivity index (χ3n) is 2.88. The molecule has 2 rings (SSSR count). The number of anilines is 1. The van der Waals surface area contributed by atoms with Gasteiger partial charge in [0.1, 0.15) is 0 Å². The van der Waals surface area contributed by atoms with Crippen LogP contribution in [0.3, 0.4) is 0 Å². The van der Waals surface area contributed by atoms with E-state index in [-0.39, 0.29) is 11.8 Å². The summed E-state index contributed by atoms with van der Waals surface area (Å²) in [4.78, 5) is 28.3. The molecule has 1 heterocycles. The summed E-state index contributed by atoms with van der Waals surface area (Å²) in [6.07, 6.45) is 4.63. The Balaban J connectivity index is 2.07. The zero-order chi connectivity index (χ0) is 16.7. The molecule has 0 aliphatic rings. The summed E-state index contributed by atoms with van der Waals surface area (Å²) in [7, 11) is 0. The second-order valence-electron chi connectivity index (χ2n) is 4.66. The number of thiazole rings is 1. The maximum Gasteiger partial charge on any atom is 0.253 e. The van der Waals surface area contributed by atoms with E-state index in [2.05, 4.69) is 22.2 Å². The number of benzene rings is 1. The Morgan fingerprint density at radius 2 is 2.13 bits per heavy atom. The van der Waals surface area contributed by atoms with Gasteiger partial charge in [0.25, 0.3) is 5.91 Å². The predicted octanol–water partition coefficient (Wildman–Crippen LogP) is 3.02. The van der Waals surface area contributed by atoms with Gasteiger partial charge in [0.2, 0.25) is 5.91 Å². The van der Waals surface area contributed by atoms with Gasteiger partial charge in [-0.1, -0.05) is 18.2 Å². The number of aryl methyl sites for hydroxylation is 1. The van der Waals surface area contributed by atoms with E-state index in [4.69, 9.17) is 0 Å². The first-order valence-electron chi connectivity index (χ1n) is 6.99. The van der Waals surface area contributed by atoms with E-state index in [1.54, 1.807) is 36.4 Å². The summed E-state index contributed by atoms with van der Waals surface area (Å²) in [6, 6.07) is 6.84. The second-order valence-corrected chi connectivity index (χ2v) is 5.72. The number of nitrogens with zero attached hydrogens (tertiary/aromatic N) is 1. The Hall–Kier alpha value is -2.73. The molecule has 6 heteroatoms. The van der Waals surface area contributed by atoms with Crippen molar-refractivity contribution < 1.29 is 9.59 Å². The lowest BCUT2D eigenvalue weighted by molar-refractivity contribution is -0.111. The molecule has 0 aliphatic heterocycles. The van der Waals surface area contributed by atoms with Crippen LogP contribution in [0.25, 0.3) is 6.08 Å². The number of aromatic nitrogens is 1. The molecule has 0 spiro atoms. The summed E-state index contributed by atoms with van der Waals surface area (Å²) in [5, 5.41) is 8.21. The van der Waals surface area contributed by atoms with Gasteiger partial charge in [-0.3, -0.25) is 9.59 Å². The van der Waals surface area contributed by atoms with Crippen LogP contribution in [0.2, 0.25) is 0 Å². The predicted molar refractivity (Wildman–Crippen MR) is 93.5 cm³/mol. The van der Waals surface area contributed by atoms with Crippen LogP contribution in [-0.4, -0.2) is 23.3 Å². The first kappa shape index (κ1) is 16.6. The maximum atomic E-state index is 12.1. The third-order valence-corrected chi connectivity index (χ3v) is 3.67. The first-order chi connectivity index (χ1) is 11.1. The summed E-state index contributed by atoms with van der Waals surface area (Å²) in [5.74, 6) is -0.584. The maximum absolute atomic E-state index is 12.1. The zero-order valence-corrected chi connectivity index (χ0v) is 13.5. The van der Waals surface area contributed by atoms with Gasteiger partial charge in [0, 0.05) is 18.0 Å². The van der Waals surface area contributed by atoms with Gasteiger partial charge >= 0.3 is 0 Å². The Labute approximate surface area is 138 Å².